The van der Waals surface area contributed by atoms with Gasteiger partial charge in [-0.15, -0.1) is 0 Å². The molecule has 2 atom stereocenters. The fourth-order valence-electron chi connectivity index (χ4n) is 5.02. The Morgan fingerprint density at radius 1 is 1.21 bits per heavy atom. The Labute approximate surface area is 191 Å². The number of carbonyl (C=O) groups excluding carboxylic acids is 2. The van der Waals surface area contributed by atoms with Gasteiger partial charge < -0.3 is 10.6 Å². The van der Waals surface area contributed by atoms with Gasteiger partial charge in [0.05, 0.1) is 23.6 Å². The summed E-state index contributed by atoms with van der Waals surface area (Å²) >= 11 is 0. The SMILES string of the molecule is Cc1nonc1C(=O)N[C@H](c1cn2nc(CC3CCNC3=O)ccc2n1)C1CCCCCC1. The zero-order valence-electron chi connectivity index (χ0n) is 18.8. The van der Waals surface area contributed by atoms with E-state index < -0.39 is 0 Å². The second kappa shape index (κ2) is 9.29. The van der Waals surface area contributed by atoms with Crippen LogP contribution in [0.25, 0.3) is 5.65 Å². The van der Waals surface area contributed by atoms with Crippen LogP contribution in [0.1, 0.15) is 78.6 Å². The van der Waals surface area contributed by atoms with Gasteiger partial charge in [0.2, 0.25) is 5.91 Å². The Bertz CT molecular complexity index is 1150. The molecule has 2 aliphatic rings. The number of nitrogens with zero attached hydrogens (tertiary/aromatic N) is 5. The molecule has 1 aliphatic heterocycles. The number of hydrogen-bond donors (Lipinski definition) is 2. The Kier molecular flexibility index (Phi) is 6.06. The van der Waals surface area contributed by atoms with E-state index in [0.29, 0.717) is 12.1 Å². The molecular weight excluding hydrogens is 422 g/mol. The molecule has 0 radical (unpaired) electrons. The minimum atomic E-state index is -0.305. The maximum Gasteiger partial charge on any atom is 0.276 e. The van der Waals surface area contributed by atoms with Crippen molar-refractivity contribution in [2.24, 2.45) is 11.8 Å². The fourth-order valence-corrected chi connectivity index (χ4v) is 5.02. The van der Waals surface area contributed by atoms with Gasteiger partial charge in [-0.2, -0.15) is 5.10 Å². The summed E-state index contributed by atoms with van der Waals surface area (Å²) in [6.45, 7) is 2.43. The van der Waals surface area contributed by atoms with Crippen molar-refractivity contribution in [2.45, 2.75) is 64.3 Å². The van der Waals surface area contributed by atoms with Crippen molar-refractivity contribution in [1.82, 2.24) is 35.5 Å². The molecule has 1 unspecified atom stereocenters. The first-order chi connectivity index (χ1) is 16.1. The summed E-state index contributed by atoms with van der Waals surface area (Å²) < 4.78 is 6.48. The highest BCUT2D eigenvalue weighted by atomic mass is 16.6. The predicted molar refractivity (Wildman–Crippen MR) is 118 cm³/mol. The van der Waals surface area contributed by atoms with Crippen LogP contribution < -0.4 is 10.6 Å². The van der Waals surface area contributed by atoms with Crippen LogP contribution in [0.2, 0.25) is 0 Å². The average molecular weight is 452 g/mol. The molecule has 5 rings (SSSR count). The van der Waals surface area contributed by atoms with Crippen LogP contribution in [-0.2, 0) is 11.2 Å². The van der Waals surface area contributed by atoms with Gasteiger partial charge in [0.1, 0.15) is 5.69 Å². The van der Waals surface area contributed by atoms with Gasteiger partial charge >= 0.3 is 0 Å². The lowest BCUT2D eigenvalue weighted by molar-refractivity contribution is -0.122. The first-order valence-corrected chi connectivity index (χ1v) is 11.8. The lowest BCUT2D eigenvalue weighted by Crippen LogP contribution is -2.34. The lowest BCUT2D eigenvalue weighted by Gasteiger charge is -2.25. The maximum absolute atomic E-state index is 13.0. The molecule has 33 heavy (non-hydrogen) atoms. The van der Waals surface area contributed by atoms with Crippen molar-refractivity contribution in [1.29, 1.82) is 0 Å². The molecule has 1 aliphatic carbocycles. The number of aryl methyl sites for hydroxylation is 1. The van der Waals surface area contributed by atoms with Crippen LogP contribution in [0, 0.1) is 18.8 Å². The highest BCUT2D eigenvalue weighted by molar-refractivity contribution is 5.93. The number of rotatable bonds is 6. The molecule has 2 N–H and O–H groups in total. The van der Waals surface area contributed by atoms with E-state index in [2.05, 4.69) is 20.9 Å². The lowest BCUT2D eigenvalue weighted by atomic mass is 9.90. The third-order valence-corrected chi connectivity index (χ3v) is 6.86. The van der Waals surface area contributed by atoms with Crippen LogP contribution in [0.3, 0.4) is 0 Å². The molecule has 1 saturated carbocycles. The van der Waals surface area contributed by atoms with Crippen LogP contribution >= 0.6 is 0 Å². The smallest absolute Gasteiger partial charge is 0.276 e. The zero-order chi connectivity index (χ0) is 22.8. The van der Waals surface area contributed by atoms with E-state index in [0.717, 1.165) is 55.7 Å². The van der Waals surface area contributed by atoms with E-state index in [4.69, 9.17) is 14.7 Å². The van der Waals surface area contributed by atoms with E-state index in [1.165, 1.54) is 12.8 Å². The summed E-state index contributed by atoms with van der Waals surface area (Å²) in [5, 5.41) is 18.2. The van der Waals surface area contributed by atoms with E-state index in [1.54, 1.807) is 11.4 Å². The van der Waals surface area contributed by atoms with Crippen molar-refractivity contribution in [3.63, 3.8) is 0 Å². The Hall–Kier alpha value is -3.30. The van der Waals surface area contributed by atoms with Gasteiger partial charge in [0.25, 0.3) is 5.91 Å². The van der Waals surface area contributed by atoms with Crippen molar-refractivity contribution in [3.8, 4) is 0 Å². The minimum Gasteiger partial charge on any atom is -0.356 e. The number of carbonyl (C=O) groups is 2. The molecule has 2 fully saturated rings. The van der Waals surface area contributed by atoms with Crippen LogP contribution in [0.15, 0.2) is 23.0 Å². The maximum atomic E-state index is 13.0. The Morgan fingerprint density at radius 3 is 2.73 bits per heavy atom. The quantitative estimate of drug-likeness (QED) is 0.551. The van der Waals surface area contributed by atoms with E-state index in [9.17, 15) is 9.59 Å². The molecule has 10 heteroatoms. The second-order valence-electron chi connectivity index (χ2n) is 9.17. The molecule has 0 spiro atoms. The molecule has 3 aromatic heterocycles. The summed E-state index contributed by atoms with van der Waals surface area (Å²) in [4.78, 5) is 29.7. The summed E-state index contributed by atoms with van der Waals surface area (Å²) in [5.74, 6) is 0.0383. The van der Waals surface area contributed by atoms with Gasteiger partial charge in [-0.3, -0.25) is 9.59 Å². The summed E-state index contributed by atoms with van der Waals surface area (Å²) in [6.07, 6.45) is 10.1. The highest BCUT2D eigenvalue weighted by Crippen LogP contribution is 2.33. The average Bonchev–Trinajstić information content (AvgIpc) is 3.47. The van der Waals surface area contributed by atoms with Crippen LogP contribution in [0.5, 0.6) is 0 Å². The van der Waals surface area contributed by atoms with E-state index >= 15 is 0 Å². The van der Waals surface area contributed by atoms with Gasteiger partial charge in [-0.25, -0.2) is 14.1 Å². The minimum absolute atomic E-state index is 0.0322. The largest absolute Gasteiger partial charge is 0.356 e. The number of amides is 2. The Morgan fingerprint density at radius 2 is 2.03 bits per heavy atom. The predicted octanol–water partition coefficient (Wildman–Crippen LogP) is 2.54. The van der Waals surface area contributed by atoms with Crippen LogP contribution in [0.4, 0.5) is 0 Å². The number of nitrogens with one attached hydrogen (secondary N) is 2. The van der Waals surface area contributed by atoms with Crippen molar-refractivity contribution < 1.29 is 14.2 Å². The van der Waals surface area contributed by atoms with Crippen molar-refractivity contribution in [3.05, 3.63) is 41.1 Å². The molecule has 0 bridgehead atoms. The highest BCUT2D eigenvalue weighted by Gasteiger charge is 2.30. The molecule has 2 amide bonds. The van der Waals surface area contributed by atoms with Gasteiger partial charge in [-0.05, 0) is 49.4 Å². The molecule has 174 valence electrons. The molecule has 1 saturated heterocycles. The fraction of sp³-hybridized carbons (Fsp3) is 0.565. The second-order valence-corrected chi connectivity index (χ2v) is 9.17. The van der Waals surface area contributed by atoms with E-state index in [1.807, 2.05) is 18.3 Å². The molecule has 3 aromatic rings. The summed E-state index contributed by atoms with van der Waals surface area (Å²) in [7, 11) is 0. The van der Waals surface area contributed by atoms with E-state index in [-0.39, 0.29) is 35.4 Å². The first-order valence-electron chi connectivity index (χ1n) is 11.8. The molecule has 4 heterocycles. The number of imidazole rings is 1. The topological polar surface area (TPSA) is 127 Å². The number of fused-ring (bicyclic) bond motifs is 1. The van der Waals surface area contributed by atoms with Gasteiger partial charge in [0, 0.05) is 18.9 Å². The van der Waals surface area contributed by atoms with Crippen molar-refractivity contribution in [2.75, 3.05) is 6.54 Å². The summed E-state index contributed by atoms with van der Waals surface area (Å²) in [6, 6.07) is 3.61. The van der Waals surface area contributed by atoms with Crippen LogP contribution in [-0.4, -0.2) is 43.3 Å². The molecule has 10 nitrogen and oxygen atoms in total. The van der Waals surface area contributed by atoms with Gasteiger partial charge in [-0.1, -0.05) is 30.8 Å². The molecule has 0 aromatic carbocycles. The molecular formula is C23H29N7O3. The first kappa shape index (κ1) is 21.5. The zero-order valence-corrected chi connectivity index (χ0v) is 18.8. The Balaban J connectivity index is 1.43. The summed E-state index contributed by atoms with van der Waals surface area (Å²) in [5.41, 5.74) is 3.02. The standard InChI is InChI=1S/C23H29N7O3/c1-14-20(29-33-28-14)23(32)26-21(15-6-4-2-3-5-7-15)18-13-30-19(25-18)9-8-17(27-30)12-16-10-11-24-22(16)31/h8-9,13,15-16,21H,2-7,10-12H2,1H3,(H,24,31)(H,26,32)/t16?,21-/m0/s1. The number of aromatic nitrogens is 5. The normalized spacial score (nSPS) is 20.5. The van der Waals surface area contributed by atoms with Gasteiger partial charge in [0.15, 0.2) is 11.3 Å². The third-order valence-electron chi connectivity index (χ3n) is 6.86. The monoisotopic (exact) mass is 451 g/mol. The van der Waals surface area contributed by atoms with Crippen molar-refractivity contribution >= 4 is 17.5 Å². The number of hydrogen-bond acceptors (Lipinski definition) is 7. The third kappa shape index (κ3) is 4.60.